The number of carbonyl (C=O) groups excluding carboxylic acids is 2. The third-order valence-electron chi connectivity index (χ3n) is 28.8. The summed E-state index contributed by atoms with van der Waals surface area (Å²) in [6.07, 6.45) is 27.0. The van der Waals surface area contributed by atoms with Crippen LogP contribution in [0.25, 0.3) is 10.8 Å². The molecule has 0 saturated heterocycles. The number of cyclic esters (lactones) is 1. The van der Waals surface area contributed by atoms with E-state index in [4.69, 9.17) is 9.47 Å². The third-order valence-corrected chi connectivity index (χ3v) is 28.8. The monoisotopic (exact) mass is 1230 g/mol. The van der Waals surface area contributed by atoms with Gasteiger partial charge in [0.15, 0.2) is 0 Å². The van der Waals surface area contributed by atoms with Crippen LogP contribution in [0.4, 0.5) is 0 Å². The molecule has 9 aliphatic carbocycles. The van der Waals surface area contributed by atoms with Crippen molar-refractivity contribution in [1.29, 1.82) is 0 Å². The van der Waals surface area contributed by atoms with E-state index in [2.05, 4.69) is 142 Å². The molecule has 0 amide bonds. The average Bonchev–Trinajstić information content (AvgIpc) is 1.67. The van der Waals surface area contributed by atoms with E-state index in [1.807, 2.05) is 0 Å². The Hall–Kier alpha value is -5.08. The number of ether oxygens (including phenoxy) is 2. The summed E-state index contributed by atoms with van der Waals surface area (Å²) >= 11 is 0. The number of esters is 2. The minimum Gasteiger partial charge on any atom is -0.462 e. The van der Waals surface area contributed by atoms with Gasteiger partial charge in [-0.15, -0.1) is 0 Å². The number of hydrogen-bond donors (Lipinski definition) is 3. The zero-order valence-electron chi connectivity index (χ0n) is 55.3. The molecule has 1 spiro atoms. The Morgan fingerprint density at radius 2 is 1.40 bits per heavy atom. The van der Waals surface area contributed by atoms with E-state index in [0.29, 0.717) is 61.2 Å². The van der Waals surface area contributed by atoms with E-state index >= 15 is 4.79 Å². The van der Waals surface area contributed by atoms with Crippen molar-refractivity contribution >= 4 is 22.7 Å². The molecule has 1 aliphatic heterocycles. The minimum atomic E-state index is -1.57. The molecule has 7 fully saturated rings. The van der Waals surface area contributed by atoms with Crippen LogP contribution in [-0.2, 0) is 36.3 Å². The molecule has 0 aromatic heterocycles. The molecule has 91 heavy (non-hydrogen) atoms. The third kappa shape index (κ3) is 10.1. The molecular formula is C84H106O7. The fourth-order valence-corrected chi connectivity index (χ4v) is 24.8. The Morgan fingerprint density at radius 1 is 0.670 bits per heavy atom. The number of fused-ring (bicyclic) bond motifs is 4. The number of carbonyl (C=O) groups is 2. The predicted octanol–water partition coefficient (Wildman–Crippen LogP) is 18.4. The quantitative estimate of drug-likeness (QED) is 0.0795. The fraction of sp³-hybridized carbons (Fsp3) is 0.619. The Balaban J connectivity index is 0.824. The van der Waals surface area contributed by atoms with Crippen molar-refractivity contribution in [2.75, 3.05) is 6.61 Å². The lowest BCUT2D eigenvalue weighted by Gasteiger charge is -2.71. The standard InChI is InChI=1S/C84H106O7/c1-55(21-18-24-57-22-8-4-9-23-57)34-37-71(85)84-72(86)41-45-79(3,64-40-47-81-46-39-61-53-82(63-29-12-6-13-30-63)44-17-14-33-68(82)67-36-35-59-25-20-32-66(69(81)52-64)74(59)75(67)76(61)81)77(84)70(49-56(2)83(84,89)48-38-58-50-73(87)90-54-58)91-78(88)60-26-19-31-65(51-60)80(42-15-7-16-43-80)62-27-10-5-11-28-62/h4-6,8-13,20,22-23,25,27-30,32,35-36,50,55-56,60-61,64-65,68-72,76-77,85-86,89H,7,14-19,21,24,26,31,33-34,37-49,51-54H2,1-3H3. The Kier molecular flexibility index (Phi) is 16.8. The molecule has 0 radical (unpaired) electrons. The van der Waals surface area contributed by atoms with Gasteiger partial charge in [-0.25, -0.2) is 4.79 Å². The van der Waals surface area contributed by atoms with Gasteiger partial charge in [-0.2, -0.15) is 0 Å². The van der Waals surface area contributed by atoms with Crippen LogP contribution in [0.1, 0.15) is 252 Å². The van der Waals surface area contributed by atoms with Gasteiger partial charge in [0.25, 0.3) is 0 Å². The van der Waals surface area contributed by atoms with Gasteiger partial charge < -0.3 is 24.8 Å². The molecule has 18 atom stereocenters. The topological polar surface area (TPSA) is 113 Å². The first kappa shape index (κ1) is 62.1. The van der Waals surface area contributed by atoms with Crippen LogP contribution >= 0.6 is 0 Å². The number of benzene rings is 5. The van der Waals surface area contributed by atoms with Crippen LogP contribution in [0.15, 0.2) is 133 Å². The number of hydrogen-bond acceptors (Lipinski definition) is 7. The smallest absolute Gasteiger partial charge is 0.331 e. The van der Waals surface area contributed by atoms with Crippen molar-refractivity contribution in [3.8, 4) is 0 Å². The van der Waals surface area contributed by atoms with Crippen LogP contribution in [0.3, 0.4) is 0 Å². The number of aliphatic hydroxyl groups excluding tert-OH is 2. The van der Waals surface area contributed by atoms with Crippen molar-refractivity contribution in [2.45, 2.75) is 259 Å². The first-order valence-corrected chi connectivity index (χ1v) is 37.1. The lowest BCUT2D eigenvalue weighted by Crippen LogP contribution is -2.77. The summed E-state index contributed by atoms with van der Waals surface area (Å²) in [5.74, 6) is 1.06. The van der Waals surface area contributed by atoms with E-state index in [9.17, 15) is 20.1 Å². The summed E-state index contributed by atoms with van der Waals surface area (Å²) in [5.41, 5.74) is 6.79. The van der Waals surface area contributed by atoms with Crippen molar-refractivity contribution in [3.05, 3.63) is 166 Å². The van der Waals surface area contributed by atoms with E-state index in [-0.39, 0.29) is 53.0 Å². The average molecular weight is 1230 g/mol. The Labute approximate surface area is 544 Å². The van der Waals surface area contributed by atoms with Gasteiger partial charge in [0.1, 0.15) is 12.7 Å². The lowest BCUT2D eigenvalue weighted by molar-refractivity contribution is -0.328. The van der Waals surface area contributed by atoms with Crippen molar-refractivity contribution in [3.63, 3.8) is 0 Å². The number of aryl methyl sites for hydroxylation is 1. The summed E-state index contributed by atoms with van der Waals surface area (Å²) in [6.45, 7) is 7.12. The maximum atomic E-state index is 15.9. The zero-order valence-corrected chi connectivity index (χ0v) is 55.3. The molecule has 0 bridgehead atoms. The second-order valence-corrected chi connectivity index (χ2v) is 32.7. The van der Waals surface area contributed by atoms with Gasteiger partial charge in [0.2, 0.25) is 0 Å². The maximum Gasteiger partial charge on any atom is 0.331 e. The minimum absolute atomic E-state index is 0.0458. The number of rotatable bonds is 17. The highest BCUT2D eigenvalue weighted by atomic mass is 16.5. The molecule has 7 heteroatoms. The zero-order chi connectivity index (χ0) is 62.3. The summed E-state index contributed by atoms with van der Waals surface area (Å²) in [7, 11) is 0. The molecule has 15 rings (SSSR count). The van der Waals surface area contributed by atoms with Gasteiger partial charge in [0, 0.05) is 17.4 Å². The van der Waals surface area contributed by atoms with E-state index in [1.165, 1.54) is 80.7 Å². The summed E-state index contributed by atoms with van der Waals surface area (Å²) in [6, 6.07) is 46.1. The Morgan fingerprint density at radius 3 is 2.15 bits per heavy atom. The summed E-state index contributed by atoms with van der Waals surface area (Å²) < 4.78 is 13.0. The van der Waals surface area contributed by atoms with Gasteiger partial charge >= 0.3 is 11.9 Å². The largest absolute Gasteiger partial charge is 0.462 e. The highest BCUT2D eigenvalue weighted by Crippen LogP contribution is 2.77. The first-order valence-electron chi connectivity index (χ1n) is 37.1. The molecule has 7 nitrogen and oxygen atoms in total. The SMILES string of the molecule is CC(CCCc1ccccc1)CCC(O)C12C(O)CCC(C)(C3CCC45CCC6CC7(c8ccccc8)CCCCC7c7ccc8cccc(c8c7C64)C5C3)C1C(OC(=O)C1CCCC(C3(c4ccccc4)CCCCC3)C1)CC(C)C2(O)CCC1=CC(=O)OC1. The normalized spacial score (nSPS) is 37.8. The van der Waals surface area contributed by atoms with E-state index in [1.54, 1.807) is 33.7 Å². The van der Waals surface area contributed by atoms with Crippen LogP contribution in [0, 0.1) is 57.7 Å². The van der Waals surface area contributed by atoms with Gasteiger partial charge in [-0.3, -0.25) is 4.79 Å². The van der Waals surface area contributed by atoms with Crippen LogP contribution in [-0.4, -0.2) is 57.8 Å². The van der Waals surface area contributed by atoms with Crippen molar-refractivity contribution < 1.29 is 34.4 Å². The highest BCUT2D eigenvalue weighted by molar-refractivity contribution is 5.93. The summed E-state index contributed by atoms with van der Waals surface area (Å²) in [4.78, 5) is 28.7. The molecule has 1 heterocycles. The lowest BCUT2D eigenvalue weighted by atomic mass is 9.36. The molecule has 18 unspecified atom stereocenters. The van der Waals surface area contributed by atoms with Crippen molar-refractivity contribution in [2.24, 2.45) is 57.7 Å². The van der Waals surface area contributed by atoms with Crippen molar-refractivity contribution in [1.82, 2.24) is 0 Å². The van der Waals surface area contributed by atoms with Crippen LogP contribution in [0.2, 0.25) is 0 Å². The van der Waals surface area contributed by atoms with Crippen LogP contribution in [0.5, 0.6) is 0 Å². The molecule has 5 aromatic carbocycles. The fourth-order valence-electron chi connectivity index (χ4n) is 24.8. The second-order valence-electron chi connectivity index (χ2n) is 32.7. The molecule has 3 N–H and O–H groups in total. The molecule has 10 aliphatic rings. The van der Waals surface area contributed by atoms with Gasteiger partial charge in [0.05, 0.1) is 29.1 Å². The molecule has 5 aromatic rings. The van der Waals surface area contributed by atoms with Crippen LogP contribution < -0.4 is 0 Å². The molecule has 484 valence electrons. The molecule has 7 saturated carbocycles. The molecular weight excluding hydrogens is 1120 g/mol. The summed E-state index contributed by atoms with van der Waals surface area (Å²) in [5, 5.41) is 45.3. The first-order chi connectivity index (χ1) is 44.2. The highest BCUT2D eigenvalue weighted by Gasteiger charge is 2.75. The second kappa shape index (κ2) is 24.6. The predicted molar refractivity (Wildman–Crippen MR) is 362 cm³/mol. The Bertz CT molecular complexity index is 3460. The van der Waals surface area contributed by atoms with E-state index < -0.39 is 46.6 Å². The maximum absolute atomic E-state index is 15.9. The number of aliphatic hydroxyl groups is 3. The van der Waals surface area contributed by atoms with Gasteiger partial charge in [-0.1, -0.05) is 187 Å². The van der Waals surface area contributed by atoms with E-state index in [0.717, 1.165) is 95.5 Å². The van der Waals surface area contributed by atoms with Gasteiger partial charge in [-0.05, 0) is 255 Å².